The fraction of sp³-hybridized carbons (Fsp3) is 0.444. The molecule has 1 heterocycles. The minimum absolute atomic E-state index is 0.104. The summed E-state index contributed by atoms with van der Waals surface area (Å²) in [6.07, 6.45) is 0.201. The van der Waals surface area contributed by atoms with Crippen molar-refractivity contribution in [2.45, 2.75) is 26.2 Å². The number of carboxylic acids is 1. The van der Waals surface area contributed by atoms with Crippen LogP contribution < -0.4 is 0 Å². The molecule has 0 aromatic carbocycles. The number of carbonyl (C=O) groups is 1. The Bertz CT molecular complexity index is 300. The Balaban J connectivity index is 2.77. The average molecular weight is 263 g/mol. The van der Waals surface area contributed by atoms with Crippen LogP contribution in [0.4, 0.5) is 0 Å². The van der Waals surface area contributed by atoms with E-state index in [0.29, 0.717) is 0 Å². The van der Waals surface area contributed by atoms with Gasteiger partial charge in [-0.05, 0) is 28.9 Å². The van der Waals surface area contributed by atoms with Crippen LogP contribution in [0.25, 0.3) is 0 Å². The van der Waals surface area contributed by atoms with Crippen LogP contribution >= 0.6 is 27.3 Å². The quantitative estimate of drug-likeness (QED) is 0.907. The molecule has 72 valence electrons. The summed E-state index contributed by atoms with van der Waals surface area (Å²) in [6.45, 7) is 3.96. The van der Waals surface area contributed by atoms with Crippen molar-refractivity contribution in [1.82, 2.24) is 0 Å². The largest absolute Gasteiger partial charge is 0.481 e. The van der Waals surface area contributed by atoms with Crippen molar-refractivity contribution >= 4 is 33.2 Å². The first kappa shape index (κ1) is 10.7. The molecule has 1 atom stereocenters. The number of aliphatic carboxylic acids is 1. The van der Waals surface area contributed by atoms with Gasteiger partial charge in [-0.15, -0.1) is 11.3 Å². The molecule has 0 aliphatic heterocycles. The van der Waals surface area contributed by atoms with Crippen LogP contribution in [0.15, 0.2) is 10.5 Å². The Labute approximate surface area is 89.7 Å². The van der Waals surface area contributed by atoms with E-state index in [0.717, 1.165) is 9.35 Å². The molecule has 2 nitrogen and oxygen atoms in total. The molecular weight excluding hydrogens is 252 g/mol. The second-order valence-corrected chi connectivity index (χ2v) is 5.19. The third-order valence-corrected chi connectivity index (χ3v) is 4.21. The molecule has 0 radical (unpaired) electrons. The molecule has 0 amide bonds. The standard InChI is InChI=1S/C9H11BrO2S/c1-5(3-9(11)12)8-4-7(10)6(2)13-8/h4-5H,3H2,1-2H3,(H,11,12). The SMILES string of the molecule is Cc1sc(C(C)CC(=O)O)cc1Br. The summed E-state index contributed by atoms with van der Waals surface area (Å²) in [6, 6.07) is 2.01. The lowest BCUT2D eigenvalue weighted by molar-refractivity contribution is -0.137. The third-order valence-electron chi connectivity index (χ3n) is 1.84. The first-order valence-corrected chi connectivity index (χ1v) is 5.59. The van der Waals surface area contributed by atoms with E-state index in [2.05, 4.69) is 15.9 Å². The van der Waals surface area contributed by atoms with E-state index >= 15 is 0 Å². The summed E-state index contributed by atoms with van der Waals surface area (Å²) in [5.74, 6) is -0.637. The number of rotatable bonds is 3. The second kappa shape index (κ2) is 4.24. The molecule has 0 bridgehead atoms. The van der Waals surface area contributed by atoms with Gasteiger partial charge < -0.3 is 5.11 Å². The van der Waals surface area contributed by atoms with E-state index in [-0.39, 0.29) is 12.3 Å². The molecule has 0 fully saturated rings. The van der Waals surface area contributed by atoms with E-state index in [9.17, 15) is 4.79 Å². The van der Waals surface area contributed by atoms with Crippen LogP contribution in [0, 0.1) is 6.92 Å². The zero-order valence-electron chi connectivity index (χ0n) is 7.50. The number of thiophene rings is 1. The smallest absolute Gasteiger partial charge is 0.303 e. The Kier molecular flexibility index (Phi) is 3.50. The number of hydrogen-bond acceptors (Lipinski definition) is 2. The molecule has 1 unspecified atom stereocenters. The Hall–Kier alpha value is -0.350. The first-order valence-electron chi connectivity index (χ1n) is 3.98. The molecular formula is C9H11BrO2S. The molecule has 4 heteroatoms. The maximum absolute atomic E-state index is 10.5. The van der Waals surface area contributed by atoms with Gasteiger partial charge in [-0.3, -0.25) is 4.79 Å². The van der Waals surface area contributed by atoms with E-state index in [1.54, 1.807) is 11.3 Å². The molecule has 0 saturated heterocycles. The lowest BCUT2D eigenvalue weighted by Crippen LogP contribution is -2.00. The van der Waals surface area contributed by atoms with Gasteiger partial charge >= 0.3 is 5.97 Å². The highest BCUT2D eigenvalue weighted by atomic mass is 79.9. The van der Waals surface area contributed by atoms with Gasteiger partial charge in [0.15, 0.2) is 0 Å². The van der Waals surface area contributed by atoms with Crippen LogP contribution in [-0.2, 0) is 4.79 Å². The highest BCUT2D eigenvalue weighted by Crippen LogP contribution is 2.32. The maximum Gasteiger partial charge on any atom is 0.303 e. The van der Waals surface area contributed by atoms with Gasteiger partial charge in [-0.2, -0.15) is 0 Å². The molecule has 1 rings (SSSR count). The predicted octanol–water partition coefficient (Wildman–Crippen LogP) is 3.40. The van der Waals surface area contributed by atoms with Crippen molar-refractivity contribution in [3.8, 4) is 0 Å². The van der Waals surface area contributed by atoms with Crippen LogP contribution in [0.1, 0.15) is 29.0 Å². The fourth-order valence-corrected chi connectivity index (χ4v) is 2.70. The highest BCUT2D eigenvalue weighted by molar-refractivity contribution is 9.10. The molecule has 0 aliphatic rings. The molecule has 0 spiro atoms. The lowest BCUT2D eigenvalue weighted by atomic mass is 10.1. The van der Waals surface area contributed by atoms with Crippen molar-refractivity contribution in [2.75, 3.05) is 0 Å². The monoisotopic (exact) mass is 262 g/mol. The summed E-state index contributed by atoms with van der Waals surface area (Å²) in [5.41, 5.74) is 0. The summed E-state index contributed by atoms with van der Waals surface area (Å²) < 4.78 is 1.07. The number of hydrogen-bond donors (Lipinski definition) is 1. The zero-order valence-corrected chi connectivity index (χ0v) is 9.91. The Morgan fingerprint density at radius 2 is 2.38 bits per heavy atom. The molecule has 13 heavy (non-hydrogen) atoms. The number of halogens is 1. The van der Waals surface area contributed by atoms with Crippen molar-refractivity contribution in [2.24, 2.45) is 0 Å². The van der Waals surface area contributed by atoms with E-state index in [4.69, 9.17) is 5.11 Å². The average Bonchev–Trinajstić information content (AvgIpc) is 2.31. The Morgan fingerprint density at radius 1 is 1.77 bits per heavy atom. The van der Waals surface area contributed by atoms with Crippen LogP contribution in [0.5, 0.6) is 0 Å². The minimum atomic E-state index is -0.741. The summed E-state index contributed by atoms with van der Waals surface area (Å²) in [5, 5.41) is 8.61. The van der Waals surface area contributed by atoms with E-state index in [1.807, 2.05) is 19.9 Å². The second-order valence-electron chi connectivity index (χ2n) is 3.05. The molecule has 0 saturated carbocycles. The first-order chi connectivity index (χ1) is 6.00. The zero-order chi connectivity index (χ0) is 10.0. The third kappa shape index (κ3) is 2.81. The van der Waals surface area contributed by atoms with E-state index < -0.39 is 5.97 Å². The minimum Gasteiger partial charge on any atom is -0.481 e. The maximum atomic E-state index is 10.5. The van der Waals surface area contributed by atoms with Crippen molar-refractivity contribution in [3.63, 3.8) is 0 Å². The van der Waals surface area contributed by atoms with Gasteiger partial charge in [0.05, 0.1) is 6.42 Å². The van der Waals surface area contributed by atoms with Crippen LogP contribution in [0.3, 0.4) is 0 Å². The molecule has 1 aromatic rings. The highest BCUT2D eigenvalue weighted by Gasteiger charge is 2.13. The van der Waals surface area contributed by atoms with Gasteiger partial charge in [0.1, 0.15) is 0 Å². The molecule has 0 aliphatic carbocycles. The Morgan fingerprint density at radius 3 is 2.77 bits per heavy atom. The van der Waals surface area contributed by atoms with Gasteiger partial charge in [0.25, 0.3) is 0 Å². The lowest BCUT2D eigenvalue weighted by Gasteiger charge is -2.03. The fourth-order valence-electron chi connectivity index (χ4n) is 1.09. The van der Waals surface area contributed by atoms with Gasteiger partial charge in [-0.25, -0.2) is 0 Å². The summed E-state index contributed by atoms with van der Waals surface area (Å²) in [7, 11) is 0. The van der Waals surface area contributed by atoms with Crippen molar-refractivity contribution in [1.29, 1.82) is 0 Å². The number of carboxylic acid groups (broad SMARTS) is 1. The summed E-state index contributed by atoms with van der Waals surface area (Å²) in [4.78, 5) is 12.8. The van der Waals surface area contributed by atoms with E-state index in [1.165, 1.54) is 4.88 Å². The van der Waals surface area contributed by atoms with Crippen molar-refractivity contribution in [3.05, 3.63) is 20.3 Å². The van der Waals surface area contributed by atoms with Gasteiger partial charge in [0, 0.05) is 20.1 Å². The van der Waals surface area contributed by atoms with Gasteiger partial charge in [-0.1, -0.05) is 6.92 Å². The topological polar surface area (TPSA) is 37.3 Å². The normalized spacial score (nSPS) is 12.8. The van der Waals surface area contributed by atoms with Crippen molar-refractivity contribution < 1.29 is 9.90 Å². The van der Waals surface area contributed by atoms with Crippen LogP contribution in [0.2, 0.25) is 0 Å². The predicted molar refractivity (Wildman–Crippen MR) is 57.4 cm³/mol. The molecule has 1 N–H and O–H groups in total. The van der Waals surface area contributed by atoms with Crippen LogP contribution in [-0.4, -0.2) is 11.1 Å². The van der Waals surface area contributed by atoms with Gasteiger partial charge in [0.2, 0.25) is 0 Å². The number of aryl methyl sites for hydroxylation is 1. The molecule has 1 aromatic heterocycles. The summed E-state index contributed by atoms with van der Waals surface area (Å²) >= 11 is 5.07.